The van der Waals surface area contributed by atoms with Crippen LogP contribution in [-0.4, -0.2) is 24.5 Å². The number of thiophene rings is 1. The quantitative estimate of drug-likeness (QED) is 0.714. The number of amides is 2. The van der Waals surface area contributed by atoms with Crippen LogP contribution in [0.3, 0.4) is 0 Å². The van der Waals surface area contributed by atoms with Crippen molar-refractivity contribution in [2.45, 2.75) is 20.0 Å². The highest BCUT2D eigenvalue weighted by Crippen LogP contribution is 2.22. The van der Waals surface area contributed by atoms with Gasteiger partial charge in [0.25, 0.3) is 11.8 Å². The van der Waals surface area contributed by atoms with Gasteiger partial charge >= 0.3 is 0 Å². The van der Waals surface area contributed by atoms with Gasteiger partial charge in [-0.1, -0.05) is 0 Å². The van der Waals surface area contributed by atoms with Crippen LogP contribution in [0.25, 0.3) is 0 Å². The number of nitrogens with one attached hydrogen (secondary N) is 2. The summed E-state index contributed by atoms with van der Waals surface area (Å²) in [6.45, 7) is 4.08. The summed E-state index contributed by atoms with van der Waals surface area (Å²) in [4.78, 5) is 24.4. The SMILES string of the molecule is CCOc1ccc(OC(C)C(=O)NNC(=O)c2sccc2Br)cc1. The van der Waals surface area contributed by atoms with E-state index in [1.165, 1.54) is 11.3 Å². The molecule has 0 radical (unpaired) electrons. The van der Waals surface area contributed by atoms with Crippen LogP contribution in [0.15, 0.2) is 40.2 Å². The fourth-order valence-corrected chi connectivity index (χ4v) is 3.22. The standard InChI is InChI=1S/C16H17BrN2O4S/c1-3-22-11-4-6-12(7-5-11)23-10(2)15(20)18-19-16(21)14-13(17)8-9-24-14/h4-10H,3H2,1-2H3,(H,18,20)(H,19,21). The lowest BCUT2D eigenvalue weighted by Crippen LogP contribution is -2.47. The maximum Gasteiger partial charge on any atom is 0.280 e. The molecule has 2 rings (SSSR count). The van der Waals surface area contributed by atoms with E-state index in [4.69, 9.17) is 9.47 Å². The molecule has 24 heavy (non-hydrogen) atoms. The molecule has 2 aromatic rings. The first-order chi connectivity index (χ1) is 11.5. The second-order valence-electron chi connectivity index (χ2n) is 4.71. The molecular formula is C16H17BrN2O4S. The number of hydrazine groups is 1. The first-order valence-corrected chi connectivity index (χ1v) is 8.91. The Hall–Kier alpha value is -2.06. The topological polar surface area (TPSA) is 76.7 Å². The van der Waals surface area contributed by atoms with Crippen molar-refractivity contribution >= 4 is 39.1 Å². The van der Waals surface area contributed by atoms with Gasteiger partial charge in [-0.05, 0) is 65.5 Å². The van der Waals surface area contributed by atoms with E-state index in [-0.39, 0.29) is 0 Å². The Morgan fingerprint density at radius 1 is 1.17 bits per heavy atom. The molecule has 2 N–H and O–H groups in total. The summed E-state index contributed by atoms with van der Waals surface area (Å²) in [6, 6.07) is 8.73. The minimum atomic E-state index is -0.769. The summed E-state index contributed by atoms with van der Waals surface area (Å²) < 4.78 is 11.5. The summed E-state index contributed by atoms with van der Waals surface area (Å²) in [5.41, 5.74) is 4.71. The van der Waals surface area contributed by atoms with Gasteiger partial charge in [0.05, 0.1) is 6.61 Å². The molecule has 0 saturated carbocycles. The van der Waals surface area contributed by atoms with E-state index < -0.39 is 17.9 Å². The average Bonchev–Trinajstić information content (AvgIpc) is 3.00. The monoisotopic (exact) mass is 412 g/mol. The smallest absolute Gasteiger partial charge is 0.280 e. The van der Waals surface area contributed by atoms with Gasteiger partial charge in [-0.2, -0.15) is 0 Å². The highest BCUT2D eigenvalue weighted by Gasteiger charge is 2.17. The summed E-state index contributed by atoms with van der Waals surface area (Å²) >= 11 is 4.54. The van der Waals surface area contributed by atoms with Crippen molar-refractivity contribution in [2.24, 2.45) is 0 Å². The molecular weight excluding hydrogens is 396 g/mol. The zero-order valence-corrected chi connectivity index (χ0v) is 15.6. The number of rotatable bonds is 6. The molecule has 0 spiro atoms. The molecule has 0 aliphatic carbocycles. The molecule has 1 aromatic heterocycles. The first kappa shape index (κ1) is 18.3. The van der Waals surface area contributed by atoms with Crippen molar-refractivity contribution in [3.63, 3.8) is 0 Å². The molecule has 0 saturated heterocycles. The normalized spacial score (nSPS) is 11.5. The van der Waals surface area contributed by atoms with E-state index in [1.54, 1.807) is 42.6 Å². The lowest BCUT2D eigenvalue weighted by atomic mass is 10.3. The summed E-state index contributed by atoms with van der Waals surface area (Å²) in [5, 5.41) is 1.78. The van der Waals surface area contributed by atoms with Crippen molar-refractivity contribution in [1.29, 1.82) is 0 Å². The van der Waals surface area contributed by atoms with Crippen LogP contribution in [0, 0.1) is 0 Å². The average molecular weight is 413 g/mol. The van der Waals surface area contributed by atoms with Crippen molar-refractivity contribution in [3.05, 3.63) is 45.1 Å². The van der Waals surface area contributed by atoms with Crippen LogP contribution in [-0.2, 0) is 4.79 Å². The summed E-state index contributed by atoms with van der Waals surface area (Å²) in [6.07, 6.45) is -0.769. The van der Waals surface area contributed by atoms with Crippen LogP contribution < -0.4 is 20.3 Å². The molecule has 1 aromatic carbocycles. The van der Waals surface area contributed by atoms with Gasteiger partial charge in [-0.25, -0.2) is 0 Å². The van der Waals surface area contributed by atoms with Crippen molar-refractivity contribution in [1.82, 2.24) is 10.9 Å². The van der Waals surface area contributed by atoms with Crippen molar-refractivity contribution < 1.29 is 19.1 Å². The Morgan fingerprint density at radius 3 is 2.42 bits per heavy atom. The molecule has 1 atom stereocenters. The molecule has 6 nitrogen and oxygen atoms in total. The van der Waals surface area contributed by atoms with Crippen LogP contribution in [0.4, 0.5) is 0 Å². The lowest BCUT2D eigenvalue weighted by Gasteiger charge is -2.15. The maximum atomic E-state index is 12.0. The molecule has 8 heteroatoms. The molecule has 0 bridgehead atoms. The van der Waals surface area contributed by atoms with Crippen molar-refractivity contribution in [3.8, 4) is 11.5 Å². The number of hydrogen-bond donors (Lipinski definition) is 2. The van der Waals surface area contributed by atoms with E-state index in [0.29, 0.717) is 21.7 Å². The predicted molar refractivity (Wildman–Crippen MR) is 95.3 cm³/mol. The number of halogens is 1. The van der Waals surface area contributed by atoms with Gasteiger partial charge in [0, 0.05) is 4.47 Å². The van der Waals surface area contributed by atoms with Crippen LogP contribution in [0.5, 0.6) is 11.5 Å². The second-order valence-corrected chi connectivity index (χ2v) is 6.48. The van der Waals surface area contributed by atoms with E-state index in [2.05, 4.69) is 26.8 Å². The van der Waals surface area contributed by atoms with Crippen LogP contribution in [0.1, 0.15) is 23.5 Å². The first-order valence-electron chi connectivity index (χ1n) is 7.24. The van der Waals surface area contributed by atoms with Gasteiger partial charge in [0.2, 0.25) is 0 Å². The Labute approximate surface area is 152 Å². The highest BCUT2D eigenvalue weighted by atomic mass is 79.9. The number of benzene rings is 1. The van der Waals surface area contributed by atoms with E-state index >= 15 is 0 Å². The van der Waals surface area contributed by atoms with E-state index in [9.17, 15) is 9.59 Å². The van der Waals surface area contributed by atoms with Gasteiger partial charge in [-0.15, -0.1) is 11.3 Å². The Kier molecular flexibility index (Phi) is 6.62. The minimum absolute atomic E-state index is 0.390. The maximum absolute atomic E-state index is 12.0. The third-order valence-electron chi connectivity index (χ3n) is 2.94. The van der Waals surface area contributed by atoms with Gasteiger partial charge in [0.1, 0.15) is 16.4 Å². The number of carbonyl (C=O) groups excluding carboxylic acids is 2. The second kappa shape index (κ2) is 8.70. The van der Waals surface area contributed by atoms with E-state index in [0.717, 1.165) is 5.75 Å². The zero-order chi connectivity index (χ0) is 17.5. The Bertz CT molecular complexity index is 702. The fraction of sp³-hybridized carbons (Fsp3) is 0.250. The summed E-state index contributed by atoms with van der Waals surface area (Å²) in [5.74, 6) is 0.424. The third-order valence-corrected chi connectivity index (χ3v) is 4.78. The lowest BCUT2D eigenvalue weighted by molar-refractivity contribution is -0.128. The molecule has 2 amide bonds. The number of carbonyl (C=O) groups is 2. The molecule has 0 aliphatic heterocycles. The van der Waals surface area contributed by atoms with Gasteiger partial charge < -0.3 is 9.47 Å². The highest BCUT2D eigenvalue weighted by molar-refractivity contribution is 9.10. The minimum Gasteiger partial charge on any atom is -0.494 e. The number of ether oxygens (including phenoxy) is 2. The molecule has 0 fully saturated rings. The van der Waals surface area contributed by atoms with Gasteiger partial charge in [0.15, 0.2) is 6.10 Å². The third kappa shape index (κ3) is 4.97. The fourth-order valence-electron chi connectivity index (χ4n) is 1.77. The zero-order valence-electron chi connectivity index (χ0n) is 13.2. The van der Waals surface area contributed by atoms with Crippen LogP contribution >= 0.6 is 27.3 Å². The van der Waals surface area contributed by atoms with Crippen LogP contribution in [0.2, 0.25) is 0 Å². The van der Waals surface area contributed by atoms with Crippen molar-refractivity contribution in [2.75, 3.05) is 6.61 Å². The molecule has 1 heterocycles. The molecule has 1 unspecified atom stereocenters. The molecule has 128 valence electrons. The number of hydrogen-bond acceptors (Lipinski definition) is 5. The molecule has 0 aliphatic rings. The Balaban J connectivity index is 1.83. The Morgan fingerprint density at radius 2 is 1.83 bits per heavy atom. The van der Waals surface area contributed by atoms with Gasteiger partial charge in [-0.3, -0.25) is 20.4 Å². The summed E-state index contributed by atoms with van der Waals surface area (Å²) in [7, 11) is 0. The predicted octanol–water partition coefficient (Wildman–Crippen LogP) is 3.14. The van der Waals surface area contributed by atoms with E-state index in [1.807, 2.05) is 6.92 Å². The largest absolute Gasteiger partial charge is 0.494 e.